The van der Waals surface area contributed by atoms with Crippen LogP contribution in [0.4, 0.5) is 11.4 Å². The van der Waals surface area contributed by atoms with Crippen LogP contribution in [0, 0.1) is 0 Å². The van der Waals surface area contributed by atoms with Gasteiger partial charge in [-0.05, 0) is 140 Å². The van der Waals surface area contributed by atoms with Gasteiger partial charge in [0.25, 0.3) is 17.7 Å². The number of rotatable bonds is 18. The second-order valence-corrected chi connectivity index (χ2v) is 28.1. The maximum Gasteiger partial charge on any atom is 0.266 e. The predicted molar refractivity (Wildman–Crippen MR) is 382 cm³/mol. The van der Waals surface area contributed by atoms with Crippen molar-refractivity contribution in [3.63, 3.8) is 0 Å². The standard InChI is InChI=1S/C84H84N2O8/c1-43(2)51-27-17-21-35-63(51)91-67-39-59-71-60(82(88)85(81(59)87)79-55(47(9)10)31-25-32-56(79)48(11)12)41-69(93-65-37-23-19-29-53(65)45(5)6)75-76-70(94-66-38-24-20-30-54(66)46(7)8)42-62-72-61(83(89)86(84(62)90)80-57(49(13)14)33-26-34-58(80)50(15)16)40-68(74(78(72)76)73(67)77(71)75)92-64-36-22-18-28-52(64)44(3)4/h17-50,81,87H,1-16H3. The Bertz CT molecular complexity index is 4690. The number of aliphatic hydroxyl groups excluding tert-OH is 1. The molecule has 2 aliphatic heterocycles. The van der Waals surface area contributed by atoms with Gasteiger partial charge in [0.15, 0.2) is 6.23 Å². The molecule has 0 saturated carbocycles. The molecule has 2 aliphatic rings. The van der Waals surface area contributed by atoms with E-state index >= 15 is 14.4 Å². The van der Waals surface area contributed by atoms with Gasteiger partial charge in [-0.15, -0.1) is 0 Å². The molecule has 13 rings (SSSR count). The molecule has 10 heteroatoms. The summed E-state index contributed by atoms with van der Waals surface area (Å²) in [4.78, 5) is 52.8. The number of nitrogens with zero attached hydrogens (tertiary/aromatic N) is 2. The largest absolute Gasteiger partial charge is 0.456 e. The molecule has 0 aromatic heterocycles. The van der Waals surface area contributed by atoms with Crippen molar-refractivity contribution >= 4 is 72.2 Å². The summed E-state index contributed by atoms with van der Waals surface area (Å²) in [5, 5.41) is 17.7. The molecule has 1 atom stereocenters. The van der Waals surface area contributed by atoms with Crippen LogP contribution < -0.4 is 28.7 Å². The van der Waals surface area contributed by atoms with Crippen LogP contribution in [-0.4, -0.2) is 22.8 Å². The maximum atomic E-state index is 16.7. The molecule has 94 heavy (non-hydrogen) atoms. The van der Waals surface area contributed by atoms with Gasteiger partial charge in [0.2, 0.25) is 0 Å². The van der Waals surface area contributed by atoms with Gasteiger partial charge in [0.1, 0.15) is 46.0 Å². The average Bonchev–Trinajstić information content (AvgIpc) is 0.671. The fraction of sp³-hybridized carbons (Fsp3) is 0.298. The Morgan fingerprint density at radius 3 is 0.872 bits per heavy atom. The minimum atomic E-state index is -1.54. The summed E-state index contributed by atoms with van der Waals surface area (Å²) in [6.07, 6.45) is -1.54. The topological polar surface area (TPSA) is 115 Å². The molecule has 1 N–H and O–H groups in total. The first-order valence-electron chi connectivity index (χ1n) is 33.6. The van der Waals surface area contributed by atoms with Crippen LogP contribution in [0.15, 0.2) is 158 Å². The van der Waals surface area contributed by atoms with Gasteiger partial charge in [0, 0.05) is 48.7 Å². The van der Waals surface area contributed by atoms with Gasteiger partial charge in [-0.1, -0.05) is 220 Å². The number of benzene rings is 11. The van der Waals surface area contributed by atoms with Crippen molar-refractivity contribution in [1.82, 2.24) is 0 Å². The Balaban J connectivity index is 1.31. The second kappa shape index (κ2) is 24.4. The zero-order valence-corrected chi connectivity index (χ0v) is 56.9. The van der Waals surface area contributed by atoms with Gasteiger partial charge in [-0.2, -0.15) is 0 Å². The molecule has 0 aliphatic carbocycles. The highest BCUT2D eigenvalue weighted by atomic mass is 16.5. The number of carbonyl (C=O) groups excluding carboxylic acids is 3. The van der Waals surface area contributed by atoms with Crippen molar-refractivity contribution < 1.29 is 38.4 Å². The van der Waals surface area contributed by atoms with Crippen molar-refractivity contribution in [2.24, 2.45) is 0 Å². The van der Waals surface area contributed by atoms with Crippen LogP contribution in [0.3, 0.4) is 0 Å². The molecule has 0 fully saturated rings. The van der Waals surface area contributed by atoms with E-state index in [2.05, 4.69) is 135 Å². The van der Waals surface area contributed by atoms with E-state index in [0.29, 0.717) is 112 Å². The molecule has 10 nitrogen and oxygen atoms in total. The smallest absolute Gasteiger partial charge is 0.266 e. The number of carbonyl (C=O) groups is 3. The first-order chi connectivity index (χ1) is 45.0. The Labute approximate surface area is 552 Å². The van der Waals surface area contributed by atoms with Gasteiger partial charge in [-0.25, -0.2) is 4.90 Å². The molecular formula is C84H84N2O8. The van der Waals surface area contributed by atoms with E-state index in [-0.39, 0.29) is 58.5 Å². The molecule has 0 saturated heterocycles. The summed E-state index contributed by atoms with van der Waals surface area (Å²) >= 11 is 0. The lowest BCUT2D eigenvalue weighted by molar-refractivity contribution is 0.0870. The maximum absolute atomic E-state index is 16.7. The van der Waals surface area contributed by atoms with Crippen LogP contribution in [0.25, 0.3) is 43.1 Å². The summed E-state index contributed by atoms with van der Waals surface area (Å²) in [5.41, 5.74) is 9.66. The van der Waals surface area contributed by atoms with Gasteiger partial charge >= 0.3 is 0 Å². The van der Waals surface area contributed by atoms with E-state index in [1.54, 1.807) is 4.90 Å². The third-order valence-electron chi connectivity index (χ3n) is 19.2. The number of aliphatic hydroxyl groups is 1. The lowest BCUT2D eigenvalue weighted by Gasteiger charge is -2.38. The lowest BCUT2D eigenvalue weighted by Crippen LogP contribution is -2.42. The van der Waals surface area contributed by atoms with Crippen LogP contribution in [0.5, 0.6) is 46.0 Å². The average molecular weight is 1250 g/mol. The predicted octanol–water partition coefficient (Wildman–Crippen LogP) is 23.3. The number of hydrogen-bond donors (Lipinski definition) is 1. The van der Waals surface area contributed by atoms with Crippen LogP contribution in [0.2, 0.25) is 0 Å². The zero-order valence-electron chi connectivity index (χ0n) is 56.9. The van der Waals surface area contributed by atoms with Crippen LogP contribution >= 0.6 is 0 Å². The van der Waals surface area contributed by atoms with Crippen LogP contribution in [0.1, 0.15) is 245 Å². The summed E-state index contributed by atoms with van der Waals surface area (Å²) in [5.74, 6) is 1.87. The fourth-order valence-corrected chi connectivity index (χ4v) is 14.6. The SMILES string of the molecule is CC(C)c1ccccc1Oc1cc2c3c(cc(Oc4ccccc4C(C)C)c4c5c(Oc6ccccc6C(C)C)cc6c7c(cc(Oc8ccccc8C(C)C)c(c1c34)c75)C(=O)N(c1c(C(C)C)cccc1C(C)C)C6O)C(=O)N(c1c(C(C)C)cccc1C(C)C)C2=O. The number of para-hydroxylation sites is 6. The van der Waals surface area contributed by atoms with E-state index in [4.69, 9.17) is 18.9 Å². The molecule has 2 heterocycles. The zero-order chi connectivity index (χ0) is 66.6. The Hall–Kier alpha value is -9.51. The highest BCUT2D eigenvalue weighted by Crippen LogP contribution is 2.60. The van der Waals surface area contributed by atoms with Crippen molar-refractivity contribution in [2.45, 2.75) is 164 Å². The second-order valence-electron chi connectivity index (χ2n) is 28.1. The van der Waals surface area contributed by atoms with Gasteiger partial charge < -0.3 is 24.1 Å². The summed E-state index contributed by atoms with van der Waals surface area (Å²) in [7, 11) is 0. The quantitative estimate of drug-likeness (QED) is 0.0513. The molecular weight excluding hydrogens is 1160 g/mol. The highest BCUT2D eigenvalue weighted by molar-refractivity contribution is 6.46. The molecule has 0 bridgehead atoms. The van der Waals surface area contributed by atoms with E-state index in [9.17, 15) is 5.11 Å². The Morgan fingerprint density at radius 1 is 0.287 bits per heavy atom. The van der Waals surface area contributed by atoms with Crippen molar-refractivity contribution in [3.05, 3.63) is 224 Å². The first-order valence-corrected chi connectivity index (χ1v) is 33.6. The third-order valence-corrected chi connectivity index (χ3v) is 19.2. The van der Waals surface area contributed by atoms with Gasteiger partial charge in [-0.3, -0.25) is 19.3 Å². The first kappa shape index (κ1) is 63.3. The van der Waals surface area contributed by atoms with Crippen molar-refractivity contribution in [2.75, 3.05) is 9.80 Å². The molecule has 11 aromatic carbocycles. The fourth-order valence-electron chi connectivity index (χ4n) is 14.6. The van der Waals surface area contributed by atoms with E-state index < -0.39 is 23.9 Å². The Kier molecular flexibility index (Phi) is 16.4. The van der Waals surface area contributed by atoms with Crippen LogP contribution in [-0.2, 0) is 0 Å². The highest BCUT2D eigenvalue weighted by Gasteiger charge is 2.44. The van der Waals surface area contributed by atoms with Crippen molar-refractivity contribution in [3.8, 4) is 46.0 Å². The van der Waals surface area contributed by atoms with Crippen molar-refractivity contribution in [1.29, 1.82) is 0 Å². The summed E-state index contributed by atoms with van der Waals surface area (Å²) < 4.78 is 30.5. The molecule has 0 spiro atoms. The van der Waals surface area contributed by atoms with E-state index in [1.165, 1.54) is 4.90 Å². The van der Waals surface area contributed by atoms with Gasteiger partial charge in [0.05, 0.1) is 28.1 Å². The summed E-state index contributed by atoms with van der Waals surface area (Å²) in [6.45, 7) is 33.8. The van der Waals surface area contributed by atoms with E-state index in [1.807, 2.05) is 133 Å². The molecule has 0 radical (unpaired) electrons. The Morgan fingerprint density at radius 2 is 0.553 bits per heavy atom. The normalized spacial score (nSPS) is 14.3. The molecule has 1 unspecified atom stereocenters. The molecule has 11 aromatic rings. The lowest BCUT2D eigenvalue weighted by atomic mass is 9.80. The number of anilines is 2. The number of ether oxygens (including phenoxy) is 4. The monoisotopic (exact) mass is 1250 g/mol. The number of imide groups is 1. The number of amides is 3. The number of fused-ring (bicyclic) bond motifs is 2. The number of hydrogen-bond acceptors (Lipinski definition) is 8. The van der Waals surface area contributed by atoms with E-state index in [0.717, 1.165) is 44.5 Å². The molecule has 478 valence electrons. The minimum Gasteiger partial charge on any atom is -0.456 e. The third kappa shape index (κ3) is 10.3. The summed E-state index contributed by atoms with van der Waals surface area (Å²) in [6, 6.07) is 51.3. The minimum absolute atomic E-state index is 0.00534. The molecule has 3 amide bonds.